The van der Waals surface area contributed by atoms with Crippen LogP contribution in [0.2, 0.25) is 0 Å². The largest absolute Gasteiger partial charge is 0.465 e. The van der Waals surface area contributed by atoms with Gasteiger partial charge >= 0.3 is 5.97 Å². The predicted octanol–water partition coefficient (Wildman–Crippen LogP) is 5.40. The molecule has 30 heavy (non-hydrogen) atoms. The number of hydrogen-bond acceptors (Lipinski definition) is 5. The third kappa shape index (κ3) is 4.29. The minimum atomic E-state index is -0.394. The molecule has 0 aliphatic heterocycles. The predicted molar refractivity (Wildman–Crippen MR) is 121 cm³/mol. The Morgan fingerprint density at radius 1 is 0.967 bits per heavy atom. The van der Waals surface area contributed by atoms with Crippen molar-refractivity contribution in [1.29, 1.82) is 0 Å². The highest BCUT2D eigenvalue weighted by atomic mass is 32.1. The first kappa shape index (κ1) is 19.5. The minimum absolute atomic E-state index is 0.249. The van der Waals surface area contributed by atoms with Crippen LogP contribution in [0.3, 0.4) is 0 Å². The van der Waals surface area contributed by atoms with E-state index in [2.05, 4.69) is 15.0 Å². The number of anilines is 1. The van der Waals surface area contributed by atoms with Crippen LogP contribution in [0.4, 0.5) is 5.69 Å². The van der Waals surface area contributed by atoms with Crippen molar-refractivity contribution < 1.29 is 14.3 Å². The average molecular weight is 414 g/mol. The zero-order valence-electron chi connectivity index (χ0n) is 16.2. The van der Waals surface area contributed by atoms with Gasteiger partial charge in [-0.1, -0.05) is 36.4 Å². The highest BCUT2D eigenvalue weighted by Gasteiger charge is 2.11. The molecule has 148 valence electrons. The van der Waals surface area contributed by atoms with Crippen LogP contribution >= 0.6 is 11.3 Å². The van der Waals surface area contributed by atoms with Crippen LogP contribution in [-0.2, 0) is 9.53 Å². The summed E-state index contributed by atoms with van der Waals surface area (Å²) >= 11 is 1.59. The number of para-hydroxylation sites is 2. The second-order valence-corrected chi connectivity index (χ2v) is 7.50. The van der Waals surface area contributed by atoms with Crippen LogP contribution in [0, 0.1) is 0 Å². The summed E-state index contributed by atoms with van der Waals surface area (Å²) in [5.41, 5.74) is 3.78. The van der Waals surface area contributed by atoms with Gasteiger partial charge in [0.15, 0.2) is 0 Å². The lowest BCUT2D eigenvalue weighted by Crippen LogP contribution is -2.08. The summed E-state index contributed by atoms with van der Waals surface area (Å²) in [7, 11) is 1.34. The fourth-order valence-corrected chi connectivity index (χ4v) is 3.97. The second kappa shape index (κ2) is 8.71. The SMILES string of the molecule is COC(=O)c1ccc(/C=C/C(=O)Nc2ccccc2-c2nc3ccccc3s2)cc1. The molecule has 0 radical (unpaired) electrons. The van der Waals surface area contributed by atoms with Gasteiger partial charge < -0.3 is 10.1 Å². The number of carbonyl (C=O) groups is 2. The van der Waals surface area contributed by atoms with Gasteiger partial charge in [-0.05, 0) is 48.0 Å². The van der Waals surface area contributed by atoms with E-state index in [9.17, 15) is 9.59 Å². The number of hydrogen-bond donors (Lipinski definition) is 1. The summed E-state index contributed by atoms with van der Waals surface area (Å²) < 4.78 is 5.78. The Labute approximate surface area is 177 Å². The Balaban J connectivity index is 1.51. The highest BCUT2D eigenvalue weighted by Crippen LogP contribution is 2.34. The molecular formula is C24H18N2O3S. The third-order valence-electron chi connectivity index (χ3n) is 4.47. The lowest BCUT2D eigenvalue weighted by Gasteiger charge is -2.07. The molecule has 6 heteroatoms. The van der Waals surface area contributed by atoms with Crippen LogP contribution in [0.1, 0.15) is 15.9 Å². The maximum Gasteiger partial charge on any atom is 0.337 e. The van der Waals surface area contributed by atoms with E-state index >= 15 is 0 Å². The van der Waals surface area contributed by atoms with Crippen LogP contribution in [0.5, 0.6) is 0 Å². The van der Waals surface area contributed by atoms with E-state index in [0.717, 1.165) is 26.4 Å². The number of amides is 1. The first-order valence-corrected chi connectivity index (χ1v) is 10.1. The van der Waals surface area contributed by atoms with E-state index in [1.54, 1.807) is 41.7 Å². The number of thiazole rings is 1. The topological polar surface area (TPSA) is 68.3 Å². The van der Waals surface area contributed by atoms with Gasteiger partial charge in [-0.3, -0.25) is 4.79 Å². The number of benzene rings is 3. The summed E-state index contributed by atoms with van der Waals surface area (Å²) in [4.78, 5) is 28.7. The molecule has 0 saturated carbocycles. The van der Waals surface area contributed by atoms with E-state index in [1.165, 1.54) is 13.2 Å². The van der Waals surface area contributed by atoms with Crippen LogP contribution < -0.4 is 5.32 Å². The van der Waals surface area contributed by atoms with Crippen molar-refractivity contribution in [2.75, 3.05) is 12.4 Å². The molecule has 0 fully saturated rings. The van der Waals surface area contributed by atoms with Gasteiger partial charge in [0, 0.05) is 11.6 Å². The molecular weight excluding hydrogens is 396 g/mol. The van der Waals surface area contributed by atoms with Crippen molar-refractivity contribution in [3.63, 3.8) is 0 Å². The van der Waals surface area contributed by atoms with Crippen molar-refractivity contribution >= 4 is 45.2 Å². The lowest BCUT2D eigenvalue weighted by atomic mass is 10.1. The molecule has 0 unspecified atom stereocenters. The van der Waals surface area contributed by atoms with E-state index in [1.807, 2.05) is 48.5 Å². The van der Waals surface area contributed by atoms with Crippen LogP contribution in [0.25, 0.3) is 26.9 Å². The highest BCUT2D eigenvalue weighted by molar-refractivity contribution is 7.21. The molecule has 4 rings (SSSR count). The summed E-state index contributed by atoms with van der Waals surface area (Å²) in [6, 6.07) is 22.4. The smallest absolute Gasteiger partial charge is 0.337 e. The number of carbonyl (C=O) groups excluding carboxylic acids is 2. The number of esters is 1. The Hall–Kier alpha value is -3.77. The van der Waals surface area contributed by atoms with Gasteiger partial charge in [-0.25, -0.2) is 9.78 Å². The maximum atomic E-state index is 12.5. The van der Waals surface area contributed by atoms with E-state index in [-0.39, 0.29) is 5.91 Å². The molecule has 0 bridgehead atoms. The Morgan fingerprint density at radius 3 is 2.47 bits per heavy atom. The first-order chi connectivity index (χ1) is 14.6. The molecule has 0 spiro atoms. The number of fused-ring (bicyclic) bond motifs is 1. The standard InChI is InChI=1S/C24H18N2O3S/c1-29-24(28)17-13-10-16(11-14-17)12-15-22(27)25-19-7-3-2-6-18(19)23-26-20-8-4-5-9-21(20)30-23/h2-15H,1H3,(H,25,27)/b15-12+. The number of aromatic nitrogens is 1. The monoisotopic (exact) mass is 414 g/mol. The van der Waals surface area contributed by atoms with Gasteiger partial charge in [-0.15, -0.1) is 11.3 Å². The molecule has 1 heterocycles. The van der Waals surface area contributed by atoms with Crippen molar-refractivity contribution in [1.82, 2.24) is 4.98 Å². The summed E-state index contributed by atoms with van der Waals surface area (Å²) in [5.74, 6) is -0.643. The van der Waals surface area contributed by atoms with Gasteiger partial charge in [0.1, 0.15) is 5.01 Å². The summed E-state index contributed by atoms with van der Waals surface area (Å²) in [5, 5.41) is 3.79. The molecule has 1 aromatic heterocycles. The lowest BCUT2D eigenvalue weighted by molar-refractivity contribution is -0.111. The molecule has 0 aliphatic carbocycles. The number of methoxy groups -OCH3 is 1. The second-order valence-electron chi connectivity index (χ2n) is 6.47. The zero-order valence-corrected chi connectivity index (χ0v) is 17.0. The average Bonchev–Trinajstić information content (AvgIpc) is 3.22. The van der Waals surface area contributed by atoms with Gasteiger partial charge in [0.25, 0.3) is 0 Å². The van der Waals surface area contributed by atoms with Crippen molar-refractivity contribution in [3.05, 3.63) is 90.0 Å². The molecule has 0 saturated heterocycles. The molecule has 1 amide bonds. The van der Waals surface area contributed by atoms with Gasteiger partial charge in [0.05, 0.1) is 28.6 Å². The van der Waals surface area contributed by atoms with Gasteiger partial charge in [0.2, 0.25) is 5.91 Å². The van der Waals surface area contributed by atoms with E-state index in [4.69, 9.17) is 0 Å². The first-order valence-electron chi connectivity index (χ1n) is 9.26. The third-order valence-corrected chi connectivity index (χ3v) is 5.54. The summed E-state index contributed by atoms with van der Waals surface area (Å²) in [6.45, 7) is 0. The molecule has 0 aliphatic rings. The van der Waals surface area contributed by atoms with Crippen molar-refractivity contribution in [2.45, 2.75) is 0 Å². The number of nitrogens with zero attached hydrogens (tertiary/aromatic N) is 1. The quantitative estimate of drug-likeness (QED) is 0.351. The fraction of sp³-hybridized carbons (Fsp3) is 0.0417. The minimum Gasteiger partial charge on any atom is -0.465 e. The normalized spacial score (nSPS) is 11.0. The van der Waals surface area contributed by atoms with Gasteiger partial charge in [-0.2, -0.15) is 0 Å². The van der Waals surface area contributed by atoms with Crippen LogP contribution in [-0.4, -0.2) is 24.0 Å². The Morgan fingerprint density at radius 2 is 1.70 bits per heavy atom. The van der Waals surface area contributed by atoms with Crippen molar-refractivity contribution in [2.24, 2.45) is 0 Å². The van der Waals surface area contributed by atoms with E-state index < -0.39 is 5.97 Å². The fourth-order valence-electron chi connectivity index (χ4n) is 2.96. The molecule has 4 aromatic rings. The summed E-state index contributed by atoms with van der Waals surface area (Å²) in [6.07, 6.45) is 3.15. The maximum absolute atomic E-state index is 12.5. The number of nitrogens with one attached hydrogen (secondary N) is 1. The molecule has 0 atom stereocenters. The molecule has 1 N–H and O–H groups in total. The Kier molecular flexibility index (Phi) is 5.68. The molecule has 3 aromatic carbocycles. The van der Waals surface area contributed by atoms with Crippen molar-refractivity contribution in [3.8, 4) is 10.6 Å². The zero-order chi connectivity index (χ0) is 20.9. The molecule has 5 nitrogen and oxygen atoms in total. The number of ether oxygens (including phenoxy) is 1. The number of rotatable bonds is 5. The Bertz CT molecular complexity index is 1210. The van der Waals surface area contributed by atoms with Crippen LogP contribution in [0.15, 0.2) is 78.9 Å². The van der Waals surface area contributed by atoms with E-state index in [0.29, 0.717) is 11.3 Å².